The van der Waals surface area contributed by atoms with Crippen LogP contribution in [-0.4, -0.2) is 53.4 Å². The van der Waals surface area contributed by atoms with Gasteiger partial charge in [-0.25, -0.2) is 0 Å². The van der Waals surface area contributed by atoms with Crippen molar-refractivity contribution in [1.82, 2.24) is 0 Å². The highest BCUT2D eigenvalue weighted by molar-refractivity contribution is 5.95. The Bertz CT molecular complexity index is 750. The molecule has 154 valence electrons. The summed E-state index contributed by atoms with van der Waals surface area (Å²) in [6.07, 6.45) is -3.48. The van der Waals surface area contributed by atoms with Gasteiger partial charge in [0.15, 0.2) is 24.0 Å². The van der Waals surface area contributed by atoms with E-state index in [1.807, 2.05) is 0 Å². The summed E-state index contributed by atoms with van der Waals surface area (Å²) in [6.45, 7) is 7.06. The molecule has 0 saturated carbocycles. The Kier molecular flexibility index (Phi) is 4.62. The molecule has 4 rings (SSSR count). The second-order valence-electron chi connectivity index (χ2n) is 7.90. The van der Waals surface area contributed by atoms with Gasteiger partial charge in [-0.05, 0) is 52.0 Å². The highest BCUT2D eigenvalue weighted by Gasteiger charge is 2.62. The van der Waals surface area contributed by atoms with Crippen LogP contribution in [-0.2, 0) is 28.5 Å². The molecule has 0 unspecified atom stereocenters. The van der Waals surface area contributed by atoms with Crippen molar-refractivity contribution in [3.63, 3.8) is 0 Å². The number of fused-ring (bicyclic) bond motifs is 3. The predicted molar refractivity (Wildman–Crippen MR) is 95.2 cm³/mol. The summed E-state index contributed by atoms with van der Waals surface area (Å²) in [6, 6.07) is 5.73. The average molecular weight is 395 g/mol. The molecule has 10 heteroatoms. The molecule has 10 nitrogen and oxygen atoms in total. The summed E-state index contributed by atoms with van der Waals surface area (Å²) >= 11 is 0. The van der Waals surface area contributed by atoms with Crippen molar-refractivity contribution in [2.45, 2.75) is 70.0 Å². The van der Waals surface area contributed by atoms with Crippen LogP contribution >= 0.6 is 0 Å². The van der Waals surface area contributed by atoms with Crippen LogP contribution in [0.1, 0.15) is 27.7 Å². The second kappa shape index (κ2) is 6.63. The highest BCUT2D eigenvalue weighted by atomic mass is 16.9. The van der Waals surface area contributed by atoms with Gasteiger partial charge in [0.05, 0.1) is 5.69 Å². The van der Waals surface area contributed by atoms with Crippen molar-refractivity contribution in [2.24, 2.45) is 0 Å². The molecule has 28 heavy (non-hydrogen) atoms. The Labute approximate surface area is 161 Å². The van der Waals surface area contributed by atoms with E-state index in [-0.39, 0.29) is 10.9 Å². The van der Waals surface area contributed by atoms with Gasteiger partial charge >= 0.3 is 0 Å². The van der Waals surface area contributed by atoms with Gasteiger partial charge in [0.25, 0.3) is 5.91 Å². The lowest BCUT2D eigenvalue weighted by Gasteiger charge is -2.36. The molecule has 3 heterocycles. The van der Waals surface area contributed by atoms with Gasteiger partial charge in [0.2, 0.25) is 0 Å². The van der Waals surface area contributed by atoms with Gasteiger partial charge in [-0.1, -0.05) is 0 Å². The third-order valence-electron chi connectivity index (χ3n) is 4.77. The minimum atomic E-state index is -0.987. The Morgan fingerprint density at radius 2 is 1.57 bits per heavy atom. The summed E-state index contributed by atoms with van der Waals surface area (Å²) in [5.41, 5.74) is 0.475. The fourth-order valence-electron chi connectivity index (χ4n) is 3.71. The second-order valence-corrected chi connectivity index (χ2v) is 7.90. The summed E-state index contributed by atoms with van der Waals surface area (Å²) in [4.78, 5) is 12.9. The molecule has 0 bridgehead atoms. The quantitative estimate of drug-likeness (QED) is 0.737. The molecular weight excluding hydrogens is 372 g/mol. The van der Waals surface area contributed by atoms with Crippen LogP contribution in [0.5, 0.6) is 0 Å². The van der Waals surface area contributed by atoms with E-state index in [0.29, 0.717) is 5.69 Å². The molecule has 3 aliphatic rings. The topological polar surface area (TPSA) is 122 Å². The minimum Gasteiger partial charge on any atom is -0.733 e. The zero-order valence-corrected chi connectivity index (χ0v) is 15.9. The standard InChI is InChI=1S/C18H23N2O8/c1-17(2)25-11-12(26-17)14-16(28-18(3,4)27-14)24-13(11)15(21)19-9-5-7-10(8-6-9)20(22)23/h5-8,11-14,16,22H,1-4H3,(H,19,21)/q-1/t11-,12+,13+,14-,16-/m1/s1. The molecule has 3 fully saturated rings. The maximum atomic E-state index is 12.9. The fourth-order valence-corrected chi connectivity index (χ4v) is 3.71. The first-order chi connectivity index (χ1) is 13.0. The Hall–Kier alpha value is -1.79. The van der Waals surface area contributed by atoms with Crippen molar-refractivity contribution in [3.8, 4) is 0 Å². The summed E-state index contributed by atoms with van der Waals surface area (Å²) in [7, 11) is 0. The first kappa shape index (κ1) is 19.5. The van der Waals surface area contributed by atoms with Crippen LogP contribution in [0.15, 0.2) is 24.3 Å². The van der Waals surface area contributed by atoms with Crippen LogP contribution in [0, 0.1) is 5.21 Å². The van der Waals surface area contributed by atoms with Gasteiger partial charge in [-0.2, -0.15) is 0 Å². The van der Waals surface area contributed by atoms with Gasteiger partial charge in [0, 0.05) is 5.69 Å². The van der Waals surface area contributed by atoms with Crippen molar-refractivity contribution in [3.05, 3.63) is 29.5 Å². The first-order valence-electron chi connectivity index (χ1n) is 8.98. The lowest BCUT2D eigenvalue weighted by Crippen LogP contribution is -2.58. The van der Waals surface area contributed by atoms with Crippen LogP contribution in [0.3, 0.4) is 0 Å². The van der Waals surface area contributed by atoms with Crippen LogP contribution < -0.4 is 10.5 Å². The van der Waals surface area contributed by atoms with Crippen molar-refractivity contribution in [1.29, 1.82) is 0 Å². The zero-order valence-electron chi connectivity index (χ0n) is 15.9. The van der Waals surface area contributed by atoms with E-state index in [2.05, 4.69) is 5.32 Å². The smallest absolute Gasteiger partial charge is 0.256 e. The SMILES string of the molecule is CC1(C)O[C@H]2[C@@H](O1)[C@@H](C(=O)Nc1ccc(N([O-])O)cc1)O[C@@H]1OC(C)(C)O[C@@H]12. The van der Waals surface area contributed by atoms with E-state index in [9.17, 15) is 10.0 Å². The van der Waals surface area contributed by atoms with Gasteiger partial charge in [-0.15, -0.1) is 0 Å². The largest absolute Gasteiger partial charge is 0.733 e. The number of nitrogens with zero attached hydrogens (tertiary/aromatic N) is 1. The fraction of sp³-hybridized carbons (Fsp3) is 0.611. The number of anilines is 2. The maximum absolute atomic E-state index is 12.9. The number of benzene rings is 1. The van der Waals surface area contributed by atoms with E-state index in [4.69, 9.17) is 28.9 Å². The van der Waals surface area contributed by atoms with E-state index >= 15 is 0 Å². The summed E-state index contributed by atoms with van der Waals surface area (Å²) < 4.78 is 29.5. The Morgan fingerprint density at radius 1 is 1.00 bits per heavy atom. The van der Waals surface area contributed by atoms with E-state index in [1.165, 1.54) is 24.3 Å². The highest BCUT2D eigenvalue weighted by Crippen LogP contribution is 2.44. The van der Waals surface area contributed by atoms with Gasteiger partial charge in [0.1, 0.15) is 18.3 Å². The monoisotopic (exact) mass is 395 g/mol. The third kappa shape index (κ3) is 3.60. The number of rotatable bonds is 3. The molecule has 3 aliphatic heterocycles. The summed E-state index contributed by atoms with van der Waals surface area (Å²) in [5.74, 6) is -2.22. The molecule has 3 saturated heterocycles. The lowest BCUT2D eigenvalue weighted by atomic mass is 9.98. The van der Waals surface area contributed by atoms with Crippen molar-refractivity contribution < 1.29 is 33.7 Å². The molecule has 1 amide bonds. The Balaban J connectivity index is 1.53. The molecule has 2 N–H and O–H groups in total. The van der Waals surface area contributed by atoms with E-state index < -0.39 is 48.2 Å². The van der Waals surface area contributed by atoms with E-state index in [0.717, 1.165) is 0 Å². The lowest BCUT2D eigenvalue weighted by molar-refractivity contribution is -0.229. The number of amides is 1. The van der Waals surface area contributed by atoms with Crippen LogP contribution in [0.4, 0.5) is 11.4 Å². The minimum absolute atomic E-state index is 0.0443. The molecular formula is C18H23N2O8-. The van der Waals surface area contributed by atoms with E-state index in [1.54, 1.807) is 27.7 Å². The molecule has 0 aliphatic carbocycles. The number of carbonyl (C=O) groups excluding carboxylic acids is 1. The third-order valence-corrected chi connectivity index (χ3v) is 4.77. The zero-order chi connectivity index (χ0) is 20.3. The maximum Gasteiger partial charge on any atom is 0.256 e. The number of hydrogen-bond donors (Lipinski definition) is 2. The molecule has 1 aromatic carbocycles. The predicted octanol–water partition coefficient (Wildman–Crippen LogP) is 1.71. The van der Waals surface area contributed by atoms with Gasteiger partial charge < -0.3 is 39.4 Å². The number of carbonyl (C=O) groups is 1. The van der Waals surface area contributed by atoms with Crippen LogP contribution in [0.2, 0.25) is 0 Å². The molecule has 0 aromatic heterocycles. The Morgan fingerprint density at radius 3 is 2.21 bits per heavy atom. The van der Waals surface area contributed by atoms with Crippen molar-refractivity contribution in [2.75, 3.05) is 10.5 Å². The average Bonchev–Trinajstić information content (AvgIpc) is 3.08. The number of ether oxygens (including phenoxy) is 5. The molecule has 0 radical (unpaired) electrons. The normalized spacial score (nSPS) is 35.1. The van der Waals surface area contributed by atoms with Crippen molar-refractivity contribution >= 4 is 17.3 Å². The molecule has 5 atom stereocenters. The number of nitrogens with one attached hydrogen (secondary N) is 1. The first-order valence-corrected chi connectivity index (χ1v) is 8.98. The summed E-state index contributed by atoms with van der Waals surface area (Å²) in [5, 5.41) is 22.2. The number of hydrogen-bond acceptors (Lipinski definition) is 9. The van der Waals surface area contributed by atoms with Gasteiger partial charge in [-0.3, -0.25) is 10.0 Å². The van der Waals surface area contributed by atoms with Crippen LogP contribution in [0.25, 0.3) is 0 Å². The molecule has 1 aromatic rings. The molecule has 0 spiro atoms.